The van der Waals surface area contributed by atoms with Crippen LogP contribution in [0.15, 0.2) is 12.1 Å². The molecule has 0 aromatic carbocycles. The van der Waals surface area contributed by atoms with E-state index in [1.54, 1.807) is 0 Å². The van der Waals surface area contributed by atoms with E-state index in [9.17, 15) is 0 Å². The maximum Gasteiger partial charge on any atom is 0.0325 e. The molecule has 1 N–H and O–H groups in total. The molecular weight excluding hydrogens is 230 g/mol. The number of nitrogens with zero attached hydrogens (tertiary/aromatic N) is 2. The van der Waals surface area contributed by atoms with E-state index < -0.39 is 0 Å². The third-order valence-corrected chi connectivity index (χ3v) is 4.21. The van der Waals surface area contributed by atoms with Crippen molar-refractivity contribution in [3.8, 4) is 0 Å². The van der Waals surface area contributed by atoms with Crippen molar-refractivity contribution < 1.29 is 0 Å². The molecule has 0 spiro atoms. The van der Waals surface area contributed by atoms with Gasteiger partial charge in [0.15, 0.2) is 0 Å². The number of hydrogen-bond donors (Lipinski definition) is 1. The fourth-order valence-electron chi connectivity index (χ4n) is 2.16. The van der Waals surface area contributed by atoms with Crippen molar-refractivity contribution >= 4 is 11.3 Å². The van der Waals surface area contributed by atoms with Crippen LogP contribution in [0.3, 0.4) is 0 Å². The molecule has 4 heteroatoms. The fourth-order valence-corrected chi connectivity index (χ4v) is 3.13. The Morgan fingerprint density at radius 1 is 1.35 bits per heavy atom. The monoisotopic (exact) mass is 253 g/mol. The quantitative estimate of drug-likeness (QED) is 0.855. The van der Waals surface area contributed by atoms with Gasteiger partial charge in [-0.15, -0.1) is 11.3 Å². The minimum atomic E-state index is 1.09. The van der Waals surface area contributed by atoms with E-state index in [0.717, 1.165) is 26.2 Å². The molecule has 0 radical (unpaired) electrons. The zero-order chi connectivity index (χ0) is 12.1. The minimum absolute atomic E-state index is 1.09. The van der Waals surface area contributed by atoms with Gasteiger partial charge >= 0.3 is 0 Å². The highest BCUT2D eigenvalue weighted by Gasteiger charge is 2.10. The summed E-state index contributed by atoms with van der Waals surface area (Å²) in [4.78, 5) is 7.86. The Labute approximate surface area is 108 Å². The van der Waals surface area contributed by atoms with Gasteiger partial charge in [-0.2, -0.15) is 0 Å². The molecule has 1 aromatic heterocycles. The predicted octanol–water partition coefficient (Wildman–Crippen LogP) is 1.39. The van der Waals surface area contributed by atoms with Gasteiger partial charge in [-0.05, 0) is 26.1 Å². The van der Waals surface area contributed by atoms with Crippen LogP contribution < -0.4 is 5.32 Å². The number of aryl methyl sites for hydroxylation is 1. The van der Waals surface area contributed by atoms with Gasteiger partial charge in [0, 0.05) is 55.6 Å². The van der Waals surface area contributed by atoms with Crippen LogP contribution in [-0.2, 0) is 6.54 Å². The van der Waals surface area contributed by atoms with Crippen LogP contribution in [0, 0.1) is 6.92 Å². The van der Waals surface area contributed by atoms with Gasteiger partial charge < -0.3 is 10.2 Å². The molecule has 17 heavy (non-hydrogen) atoms. The van der Waals surface area contributed by atoms with Gasteiger partial charge in [0.25, 0.3) is 0 Å². The van der Waals surface area contributed by atoms with Crippen molar-refractivity contribution in [2.75, 3.05) is 46.3 Å². The smallest absolute Gasteiger partial charge is 0.0325 e. The van der Waals surface area contributed by atoms with E-state index in [2.05, 4.69) is 41.2 Å². The van der Waals surface area contributed by atoms with Crippen LogP contribution in [-0.4, -0.2) is 56.1 Å². The van der Waals surface area contributed by atoms with Crippen LogP contribution in [0.25, 0.3) is 0 Å². The van der Waals surface area contributed by atoms with Crippen LogP contribution in [0.4, 0.5) is 0 Å². The maximum atomic E-state index is 3.39. The Kier molecular flexibility index (Phi) is 4.98. The lowest BCUT2D eigenvalue weighted by Gasteiger charge is -2.28. The molecule has 1 aliphatic heterocycles. The molecule has 1 aromatic rings. The highest BCUT2D eigenvalue weighted by Crippen LogP contribution is 2.16. The van der Waals surface area contributed by atoms with Gasteiger partial charge in [0.2, 0.25) is 0 Å². The molecule has 0 unspecified atom stereocenters. The third-order valence-electron chi connectivity index (χ3n) is 3.23. The maximum absolute atomic E-state index is 3.39. The lowest BCUT2D eigenvalue weighted by Crippen LogP contribution is -2.45. The number of hydrogen-bond acceptors (Lipinski definition) is 4. The van der Waals surface area contributed by atoms with Crippen LogP contribution in [0.2, 0.25) is 0 Å². The van der Waals surface area contributed by atoms with E-state index in [0.29, 0.717) is 0 Å². The molecule has 0 bridgehead atoms. The van der Waals surface area contributed by atoms with Gasteiger partial charge in [0.05, 0.1) is 0 Å². The zero-order valence-electron chi connectivity index (χ0n) is 10.9. The number of nitrogens with one attached hydrogen (secondary N) is 1. The first-order chi connectivity index (χ1) is 8.24. The molecule has 0 aliphatic carbocycles. The second kappa shape index (κ2) is 6.50. The molecule has 96 valence electrons. The van der Waals surface area contributed by atoms with E-state index >= 15 is 0 Å². The Bertz CT molecular complexity index is 331. The van der Waals surface area contributed by atoms with Gasteiger partial charge in [-0.1, -0.05) is 0 Å². The predicted molar refractivity (Wildman–Crippen MR) is 74.7 cm³/mol. The summed E-state index contributed by atoms with van der Waals surface area (Å²) in [6.45, 7) is 10.3. The Morgan fingerprint density at radius 3 is 2.76 bits per heavy atom. The molecule has 2 heterocycles. The van der Waals surface area contributed by atoms with Crippen LogP contribution in [0.5, 0.6) is 0 Å². The zero-order valence-corrected chi connectivity index (χ0v) is 11.7. The summed E-state index contributed by atoms with van der Waals surface area (Å²) in [5.74, 6) is 0. The molecular formula is C13H23N3S. The summed E-state index contributed by atoms with van der Waals surface area (Å²) in [5, 5.41) is 3.39. The first kappa shape index (κ1) is 13.0. The minimum Gasteiger partial charge on any atom is -0.314 e. The Balaban J connectivity index is 1.68. The summed E-state index contributed by atoms with van der Waals surface area (Å²) >= 11 is 1.91. The molecule has 1 fully saturated rings. The van der Waals surface area contributed by atoms with Crippen LogP contribution >= 0.6 is 11.3 Å². The summed E-state index contributed by atoms with van der Waals surface area (Å²) in [7, 11) is 2.22. The number of rotatable bonds is 5. The molecule has 0 atom stereocenters. The molecule has 1 saturated heterocycles. The Hall–Kier alpha value is -0.420. The lowest BCUT2D eigenvalue weighted by molar-refractivity contribution is 0.203. The number of thiophene rings is 1. The third kappa shape index (κ3) is 4.39. The molecule has 0 saturated carbocycles. The van der Waals surface area contributed by atoms with E-state index in [1.807, 2.05) is 11.3 Å². The first-order valence-corrected chi connectivity index (χ1v) is 7.22. The highest BCUT2D eigenvalue weighted by molar-refractivity contribution is 7.11. The van der Waals surface area contributed by atoms with Crippen molar-refractivity contribution in [1.82, 2.24) is 15.1 Å². The topological polar surface area (TPSA) is 18.5 Å². The first-order valence-electron chi connectivity index (χ1n) is 6.41. The Morgan fingerprint density at radius 2 is 2.12 bits per heavy atom. The second-order valence-electron chi connectivity index (χ2n) is 4.84. The van der Waals surface area contributed by atoms with Crippen molar-refractivity contribution in [3.05, 3.63) is 21.9 Å². The molecule has 1 aliphatic rings. The van der Waals surface area contributed by atoms with Crippen LogP contribution in [0.1, 0.15) is 9.75 Å². The summed E-state index contributed by atoms with van der Waals surface area (Å²) in [6, 6.07) is 4.46. The SMILES string of the molecule is Cc1ccc(CN(C)CCN2CCNCC2)s1. The second-order valence-corrected chi connectivity index (χ2v) is 6.21. The van der Waals surface area contributed by atoms with Gasteiger partial charge in [0.1, 0.15) is 0 Å². The standard InChI is InChI=1S/C13H23N3S/c1-12-3-4-13(17-12)11-15(2)9-10-16-7-5-14-6-8-16/h3-4,14H,5-11H2,1-2H3. The lowest BCUT2D eigenvalue weighted by atomic mass is 10.3. The average molecular weight is 253 g/mol. The largest absolute Gasteiger partial charge is 0.314 e. The average Bonchev–Trinajstić information content (AvgIpc) is 2.73. The van der Waals surface area contributed by atoms with E-state index in [-0.39, 0.29) is 0 Å². The van der Waals surface area contributed by atoms with Gasteiger partial charge in [-0.25, -0.2) is 0 Å². The van der Waals surface area contributed by atoms with E-state index in [1.165, 1.54) is 29.4 Å². The molecule has 2 rings (SSSR count). The molecule has 3 nitrogen and oxygen atoms in total. The van der Waals surface area contributed by atoms with E-state index in [4.69, 9.17) is 0 Å². The number of likely N-dealkylation sites (N-methyl/N-ethyl adjacent to an activating group) is 1. The number of piperazine rings is 1. The van der Waals surface area contributed by atoms with Crippen molar-refractivity contribution in [3.63, 3.8) is 0 Å². The van der Waals surface area contributed by atoms with Crippen molar-refractivity contribution in [2.24, 2.45) is 0 Å². The van der Waals surface area contributed by atoms with Crippen molar-refractivity contribution in [2.45, 2.75) is 13.5 Å². The fraction of sp³-hybridized carbons (Fsp3) is 0.692. The normalized spacial score (nSPS) is 17.8. The molecule has 0 amide bonds. The summed E-state index contributed by atoms with van der Waals surface area (Å²) < 4.78 is 0. The van der Waals surface area contributed by atoms with Crippen molar-refractivity contribution in [1.29, 1.82) is 0 Å². The summed E-state index contributed by atoms with van der Waals surface area (Å²) in [5.41, 5.74) is 0. The van der Waals surface area contributed by atoms with Gasteiger partial charge in [-0.3, -0.25) is 4.90 Å². The summed E-state index contributed by atoms with van der Waals surface area (Å²) in [6.07, 6.45) is 0. The highest BCUT2D eigenvalue weighted by atomic mass is 32.1.